The number of rotatable bonds is 4. The molecule has 2 aromatic heterocycles. The van der Waals surface area contributed by atoms with Crippen LogP contribution in [-0.4, -0.2) is 31.4 Å². The Labute approximate surface area is 141 Å². The summed E-state index contributed by atoms with van der Waals surface area (Å²) in [6.07, 6.45) is -3.53. The lowest BCUT2D eigenvalue weighted by Gasteiger charge is -2.07. The third-order valence-electron chi connectivity index (χ3n) is 3.09. The molecule has 0 unspecified atom stereocenters. The van der Waals surface area contributed by atoms with Crippen LogP contribution in [0.2, 0.25) is 0 Å². The van der Waals surface area contributed by atoms with Crippen LogP contribution >= 0.6 is 15.9 Å². The number of aryl methyl sites for hydroxylation is 2. The fraction of sp³-hybridized carbons (Fsp3) is 0.333. The van der Waals surface area contributed by atoms with E-state index in [2.05, 4.69) is 31.4 Å². The summed E-state index contributed by atoms with van der Waals surface area (Å²) in [7, 11) is 1.19. The number of amides is 2. The maximum absolute atomic E-state index is 12.8. The predicted octanol–water partition coefficient (Wildman–Crippen LogP) is 1.77. The molecule has 24 heavy (non-hydrogen) atoms. The first-order chi connectivity index (χ1) is 11.1. The van der Waals surface area contributed by atoms with Gasteiger partial charge >= 0.3 is 6.18 Å². The molecule has 0 saturated heterocycles. The second-order valence-electron chi connectivity index (χ2n) is 4.67. The molecule has 0 bridgehead atoms. The highest BCUT2D eigenvalue weighted by Gasteiger charge is 2.39. The van der Waals surface area contributed by atoms with Crippen molar-refractivity contribution in [3.63, 3.8) is 0 Å². The summed E-state index contributed by atoms with van der Waals surface area (Å²) in [6.45, 7) is 2.03. The highest BCUT2D eigenvalue weighted by Crippen LogP contribution is 2.35. The minimum Gasteiger partial charge on any atom is -0.364 e. The first-order valence-corrected chi connectivity index (χ1v) is 7.33. The summed E-state index contributed by atoms with van der Waals surface area (Å²) in [4.78, 5) is 23.8. The molecule has 0 fully saturated rings. The molecule has 3 N–H and O–H groups in total. The molecule has 2 heterocycles. The predicted molar refractivity (Wildman–Crippen MR) is 80.3 cm³/mol. The van der Waals surface area contributed by atoms with Crippen LogP contribution in [0.1, 0.15) is 33.6 Å². The molecule has 2 amide bonds. The molecule has 0 aliphatic carbocycles. The zero-order valence-electron chi connectivity index (χ0n) is 12.5. The maximum Gasteiger partial charge on any atom is 0.436 e. The van der Waals surface area contributed by atoms with Crippen LogP contribution in [0.5, 0.6) is 0 Å². The van der Waals surface area contributed by atoms with Crippen LogP contribution in [0.25, 0.3) is 0 Å². The van der Waals surface area contributed by atoms with E-state index in [4.69, 9.17) is 5.73 Å². The number of carbonyl (C=O) groups is 2. The van der Waals surface area contributed by atoms with Gasteiger partial charge in [0.15, 0.2) is 5.69 Å². The van der Waals surface area contributed by atoms with Crippen molar-refractivity contribution in [2.45, 2.75) is 19.6 Å². The van der Waals surface area contributed by atoms with Crippen LogP contribution < -0.4 is 11.1 Å². The zero-order valence-corrected chi connectivity index (χ0v) is 14.1. The number of carbonyl (C=O) groups excluding carboxylic acids is 2. The molecule has 0 aliphatic heterocycles. The number of hydrogen-bond acceptors (Lipinski definition) is 4. The fourth-order valence-electron chi connectivity index (χ4n) is 2.08. The fourth-order valence-corrected chi connectivity index (χ4v) is 2.82. The number of aromatic nitrogens is 4. The molecule has 0 atom stereocenters. The first-order valence-electron chi connectivity index (χ1n) is 6.54. The number of hydrogen-bond donors (Lipinski definition) is 2. The van der Waals surface area contributed by atoms with Gasteiger partial charge in [0, 0.05) is 13.6 Å². The molecule has 2 aromatic rings. The number of nitrogens with zero attached hydrogens (tertiary/aromatic N) is 4. The Morgan fingerprint density at radius 2 is 2.00 bits per heavy atom. The number of nitrogens with two attached hydrogens (primary N) is 1. The Balaban J connectivity index is 2.41. The van der Waals surface area contributed by atoms with Crippen molar-refractivity contribution in [3.8, 4) is 0 Å². The summed E-state index contributed by atoms with van der Waals surface area (Å²) in [5.74, 6) is -1.73. The molecule has 2 rings (SSSR count). The van der Waals surface area contributed by atoms with Crippen molar-refractivity contribution in [1.29, 1.82) is 0 Å². The Kier molecular flexibility index (Phi) is 4.69. The van der Waals surface area contributed by atoms with Gasteiger partial charge in [-0.2, -0.15) is 23.4 Å². The summed E-state index contributed by atoms with van der Waals surface area (Å²) < 4.78 is 40.1. The molecule has 130 valence electrons. The normalized spacial score (nSPS) is 11.6. The van der Waals surface area contributed by atoms with Gasteiger partial charge in [0.05, 0.1) is 16.4 Å². The van der Waals surface area contributed by atoms with Gasteiger partial charge in [-0.05, 0) is 22.9 Å². The minimum absolute atomic E-state index is 0.00370. The zero-order chi connectivity index (χ0) is 18.2. The van der Waals surface area contributed by atoms with Gasteiger partial charge in [-0.15, -0.1) is 0 Å². The quantitative estimate of drug-likeness (QED) is 0.803. The van der Waals surface area contributed by atoms with Crippen molar-refractivity contribution in [2.75, 3.05) is 5.32 Å². The van der Waals surface area contributed by atoms with Crippen molar-refractivity contribution in [2.24, 2.45) is 12.8 Å². The highest BCUT2D eigenvalue weighted by molar-refractivity contribution is 9.10. The lowest BCUT2D eigenvalue weighted by atomic mass is 10.3. The van der Waals surface area contributed by atoms with Gasteiger partial charge in [-0.3, -0.25) is 19.0 Å². The van der Waals surface area contributed by atoms with Gasteiger partial charge in [0.25, 0.3) is 11.8 Å². The van der Waals surface area contributed by atoms with E-state index in [0.717, 1.165) is 4.68 Å². The van der Waals surface area contributed by atoms with E-state index < -0.39 is 28.2 Å². The van der Waals surface area contributed by atoms with E-state index in [1.54, 1.807) is 6.92 Å². The van der Waals surface area contributed by atoms with Crippen molar-refractivity contribution in [3.05, 3.63) is 27.8 Å². The molecule has 8 nitrogen and oxygen atoms in total. The summed E-state index contributed by atoms with van der Waals surface area (Å²) in [5, 5.41) is 9.50. The van der Waals surface area contributed by atoms with E-state index in [1.807, 2.05) is 0 Å². The van der Waals surface area contributed by atoms with E-state index >= 15 is 0 Å². The maximum atomic E-state index is 12.8. The molecule has 12 heteroatoms. The largest absolute Gasteiger partial charge is 0.436 e. The second-order valence-corrected chi connectivity index (χ2v) is 5.47. The van der Waals surface area contributed by atoms with Gasteiger partial charge in [0.2, 0.25) is 0 Å². The SMILES string of the molecule is CCn1ncc(NC(=O)c2c(Br)c(C(F)(F)F)nn2C)c1C(N)=O. The third-order valence-corrected chi connectivity index (χ3v) is 3.84. The summed E-state index contributed by atoms with van der Waals surface area (Å²) in [5.41, 5.74) is 3.60. The van der Waals surface area contributed by atoms with E-state index in [9.17, 15) is 22.8 Å². The first kappa shape index (κ1) is 18.0. The number of halogens is 4. The minimum atomic E-state index is -4.72. The van der Waals surface area contributed by atoms with E-state index in [1.165, 1.54) is 17.9 Å². The van der Waals surface area contributed by atoms with Crippen LogP contribution in [0, 0.1) is 0 Å². The topological polar surface area (TPSA) is 108 Å². The van der Waals surface area contributed by atoms with Crippen LogP contribution in [0.4, 0.5) is 18.9 Å². The lowest BCUT2D eigenvalue weighted by Crippen LogP contribution is -2.22. The van der Waals surface area contributed by atoms with Gasteiger partial charge < -0.3 is 11.1 Å². The molecule has 0 saturated carbocycles. The monoisotopic (exact) mass is 408 g/mol. The molecular weight excluding hydrogens is 397 g/mol. The Morgan fingerprint density at radius 1 is 1.38 bits per heavy atom. The lowest BCUT2D eigenvalue weighted by molar-refractivity contribution is -0.142. The number of anilines is 1. The van der Waals surface area contributed by atoms with Crippen LogP contribution in [0.3, 0.4) is 0 Å². The summed E-state index contributed by atoms with van der Waals surface area (Å²) >= 11 is 2.74. The van der Waals surface area contributed by atoms with Gasteiger partial charge in [0.1, 0.15) is 11.4 Å². The Bertz CT molecular complexity index is 811. The summed E-state index contributed by atoms with van der Waals surface area (Å²) in [6, 6.07) is 0. The van der Waals surface area contributed by atoms with E-state index in [-0.39, 0.29) is 17.1 Å². The van der Waals surface area contributed by atoms with E-state index in [0.29, 0.717) is 6.54 Å². The van der Waals surface area contributed by atoms with Gasteiger partial charge in [-0.1, -0.05) is 0 Å². The Hall–Kier alpha value is -2.37. The third kappa shape index (κ3) is 3.13. The average molecular weight is 409 g/mol. The second kappa shape index (κ2) is 6.26. The standard InChI is InChI=1S/C12H12BrF3N6O2/c1-3-22-7(10(17)23)5(4-18-22)19-11(24)8-6(13)9(12(14,15)16)20-21(8)2/h4H,3H2,1-2H3,(H2,17,23)(H,19,24). The molecular formula is C12H12BrF3N6O2. The number of alkyl halides is 3. The van der Waals surface area contributed by atoms with Crippen molar-refractivity contribution >= 4 is 33.4 Å². The number of primary amides is 1. The number of nitrogens with one attached hydrogen (secondary N) is 1. The Morgan fingerprint density at radius 3 is 2.46 bits per heavy atom. The molecule has 0 spiro atoms. The average Bonchev–Trinajstić information content (AvgIpc) is 2.99. The molecule has 0 radical (unpaired) electrons. The van der Waals surface area contributed by atoms with Crippen molar-refractivity contribution in [1.82, 2.24) is 19.6 Å². The smallest absolute Gasteiger partial charge is 0.364 e. The van der Waals surface area contributed by atoms with Crippen LogP contribution in [-0.2, 0) is 19.8 Å². The molecule has 0 aliphatic rings. The van der Waals surface area contributed by atoms with Gasteiger partial charge in [-0.25, -0.2) is 0 Å². The highest BCUT2D eigenvalue weighted by atomic mass is 79.9. The van der Waals surface area contributed by atoms with Crippen molar-refractivity contribution < 1.29 is 22.8 Å². The van der Waals surface area contributed by atoms with Crippen LogP contribution in [0.15, 0.2) is 10.7 Å². The molecule has 0 aromatic carbocycles.